The monoisotopic (exact) mass is 820 g/mol. The summed E-state index contributed by atoms with van der Waals surface area (Å²) in [5.41, 5.74) is 12.4. The van der Waals surface area contributed by atoms with Crippen LogP contribution in [0.5, 0.6) is 11.5 Å². The van der Waals surface area contributed by atoms with Gasteiger partial charge in [0, 0.05) is 72.5 Å². The van der Waals surface area contributed by atoms with E-state index in [1.807, 2.05) is 52.0 Å². The molecule has 0 aliphatic carbocycles. The number of hydrogen-bond donors (Lipinski definition) is 6. The quantitative estimate of drug-likeness (QED) is 0.0611. The molecule has 310 valence electrons. The van der Waals surface area contributed by atoms with E-state index in [0.717, 1.165) is 22.6 Å². The third kappa shape index (κ3) is 14.3. The second kappa shape index (κ2) is 22.6. The number of imide groups is 2. The van der Waals surface area contributed by atoms with Crippen LogP contribution in [0.1, 0.15) is 64.2 Å². The molecule has 4 amide bonds. The Kier molecular flexibility index (Phi) is 18.3. The summed E-state index contributed by atoms with van der Waals surface area (Å²) in [7, 11) is 6.56. The van der Waals surface area contributed by atoms with Gasteiger partial charge in [0.15, 0.2) is 12.6 Å². The fourth-order valence-electron chi connectivity index (χ4n) is 5.67. The lowest BCUT2D eigenvalue weighted by Gasteiger charge is -2.40. The average Bonchev–Trinajstić information content (AvgIpc) is 3.17. The van der Waals surface area contributed by atoms with Crippen LogP contribution in [-0.4, -0.2) is 101 Å². The molecule has 0 saturated carbocycles. The molecule has 56 heavy (non-hydrogen) atoms. The van der Waals surface area contributed by atoms with Gasteiger partial charge in [-0.1, -0.05) is 73.5 Å². The summed E-state index contributed by atoms with van der Waals surface area (Å²) < 4.78 is 34.1. The maximum Gasteiger partial charge on any atom is 0.256 e. The third-order valence-electron chi connectivity index (χ3n) is 8.84. The van der Waals surface area contributed by atoms with Crippen LogP contribution in [-0.2, 0) is 38.1 Å². The van der Waals surface area contributed by atoms with Gasteiger partial charge in [-0.3, -0.25) is 51.5 Å². The number of carbonyl (C=O) groups is 4. The van der Waals surface area contributed by atoms with E-state index in [4.69, 9.17) is 28.4 Å². The number of carbonyl (C=O) groups excluding carboxylic acids is 4. The lowest BCUT2D eigenvalue weighted by Crippen LogP contribution is -2.53. The Morgan fingerprint density at radius 2 is 0.964 bits per heavy atom. The summed E-state index contributed by atoms with van der Waals surface area (Å²) in [6, 6.07) is 14.4. The number of nitrogens with one attached hydrogen (secondary N) is 6. The highest BCUT2D eigenvalue weighted by molar-refractivity contribution is 8.76. The van der Waals surface area contributed by atoms with Gasteiger partial charge in [0.25, 0.3) is 11.8 Å². The molecule has 0 bridgehead atoms. The molecule has 2 aliphatic heterocycles. The highest BCUT2D eigenvalue weighted by Crippen LogP contribution is 2.38. The second-order valence-electron chi connectivity index (χ2n) is 14.5. The molecule has 4 atom stereocenters. The van der Waals surface area contributed by atoms with E-state index in [9.17, 15) is 19.2 Å². The zero-order chi connectivity index (χ0) is 40.6. The van der Waals surface area contributed by atoms with E-state index in [0.29, 0.717) is 37.7 Å². The fourth-order valence-corrected chi connectivity index (χ4v) is 7.48. The van der Waals surface area contributed by atoms with Crippen LogP contribution in [0, 0.1) is 10.8 Å². The van der Waals surface area contributed by atoms with E-state index in [2.05, 4.69) is 32.3 Å². The number of rotatable bonds is 21. The summed E-state index contributed by atoms with van der Waals surface area (Å²) in [4.78, 5) is 51.0. The SMILES string of the molecule is COc1ccc(C2OCC(C)(C)[C@H](C(=O)NC(=O)CCNNCCSSCCNNCCC(=O)NC(=O)[C@@H]3OC(c4ccc(OC)cc4)OCC3(C)C)O2)cc1. The van der Waals surface area contributed by atoms with E-state index in [-0.39, 0.29) is 26.1 Å². The molecule has 18 heteroatoms. The predicted molar refractivity (Wildman–Crippen MR) is 213 cm³/mol. The Morgan fingerprint density at radius 1 is 0.607 bits per heavy atom. The molecule has 0 radical (unpaired) electrons. The van der Waals surface area contributed by atoms with Crippen LogP contribution in [0.4, 0.5) is 0 Å². The Balaban J connectivity index is 0.980. The van der Waals surface area contributed by atoms with Gasteiger partial charge in [0.1, 0.15) is 23.7 Å². The number of amides is 4. The average molecular weight is 821 g/mol. The van der Waals surface area contributed by atoms with E-state index < -0.39 is 59.2 Å². The fraction of sp³-hybridized carbons (Fsp3) is 0.579. The van der Waals surface area contributed by atoms with Gasteiger partial charge in [0.2, 0.25) is 11.8 Å². The summed E-state index contributed by atoms with van der Waals surface area (Å²) in [5, 5.41) is 4.93. The molecule has 2 aliphatic rings. The Morgan fingerprint density at radius 3 is 1.32 bits per heavy atom. The van der Waals surface area contributed by atoms with Crippen LogP contribution >= 0.6 is 21.6 Å². The van der Waals surface area contributed by atoms with Crippen molar-refractivity contribution in [3.63, 3.8) is 0 Å². The minimum absolute atomic E-state index is 0.108. The number of hydrazine groups is 2. The van der Waals surface area contributed by atoms with E-state index in [1.54, 1.807) is 60.1 Å². The topological polar surface area (TPSA) is 196 Å². The molecule has 0 spiro atoms. The van der Waals surface area contributed by atoms with Crippen LogP contribution in [0.2, 0.25) is 0 Å². The van der Waals surface area contributed by atoms with Crippen LogP contribution < -0.4 is 41.8 Å². The summed E-state index contributed by atoms with van der Waals surface area (Å²) >= 11 is 0. The van der Waals surface area contributed by atoms with E-state index in [1.165, 1.54) is 0 Å². The maximum absolute atomic E-state index is 13.0. The van der Waals surface area contributed by atoms with Crippen molar-refractivity contribution in [2.45, 2.75) is 65.3 Å². The van der Waals surface area contributed by atoms with Crippen molar-refractivity contribution in [1.82, 2.24) is 32.3 Å². The molecular formula is C38H56N6O10S2. The van der Waals surface area contributed by atoms with Crippen LogP contribution in [0.25, 0.3) is 0 Å². The Hall–Kier alpha value is -3.30. The van der Waals surface area contributed by atoms with E-state index >= 15 is 0 Å². The minimum Gasteiger partial charge on any atom is -0.497 e. The van der Waals surface area contributed by atoms with Gasteiger partial charge < -0.3 is 28.4 Å². The first kappa shape index (κ1) is 45.4. The van der Waals surface area contributed by atoms with Crippen molar-refractivity contribution in [2.24, 2.45) is 10.8 Å². The first-order valence-electron chi connectivity index (χ1n) is 18.5. The predicted octanol–water partition coefficient (Wildman–Crippen LogP) is 2.92. The standard InChI is InChI=1S/C38H56N6O10S2/c1-37(2)23-51-35(25-7-11-27(49-5)12-8-25)53-31(37)33(47)43-29(45)15-17-39-41-19-21-55-56-22-20-42-40-18-16-30(46)44-34(48)32-38(3,4)24-52-36(54-32)26-9-13-28(50-6)14-10-26/h7-14,31-32,35-36,39-42H,15-24H2,1-6H3,(H,43,45,47)(H,44,46,48)/t31-,32-,35?,36?/m0/s1. The molecule has 2 unspecified atom stereocenters. The van der Waals surface area contributed by atoms with Crippen molar-refractivity contribution in [3.05, 3.63) is 59.7 Å². The first-order valence-corrected chi connectivity index (χ1v) is 21.0. The number of benzene rings is 2. The van der Waals surface area contributed by atoms with Gasteiger partial charge in [-0.05, 0) is 24.3 Å². The molecule has 2 aromatic carbocycles. The second-order valence-corrected chi connectivity index (χ2v) is 17.2. The van der Waals surface area contributed by atoms with Gasteiger partial charge >= 0.3 is 0 Å². The van der Waals surface area contributed by atoms with Crippen molar-refractivity contribution < 1.29 is 47.6 Å². The van der Waals surface area contributed by atoms with Crippen LogP contribution in [0.3, 0.4) is 0 Å². The number of methoxy groups -OCH3 is 2. The third-order valence-corrected chi connectivity index (χ3v) is 11.2. The molecule has 16 nitrogen and oxygen atoms in total. The van der Waals surface area contributed by atoms with Crippen molar-refractivity contribution in [2.75, 3.05) is 65.1 Å². The molecule has 2 saturated heterocycles. The molecule has 2 heterocycles. The molecule has 2 fully saturated rings. The summed E-state index contributed by atoms with van der Waals surface area (Å²) in [6.07, 6.45) is -2.97. The maximum atomic E-state index is 13.0. The Labute approximate surface area is 336 Å². The lowest BCUT2D eigenvalue weighted by molar-refractivity contribution is -0.258. The number of ether oxygens (including phenoxy) is 6. The van der Waals surface area contributed by atoms with Crippen molar-refractivity contribution >= 4 is 45.2 Å². The van der Waals surface area contributed by atoms with Crippen molar-refractivity contribution in [3.8, 4) is 11.5 Å². The highest BCUT2D eigenvalue weighted by Gasteiger charge is 2.45. The first-order chi connectivity index (χ1) is 26.8. The lowest BCUT2D eigenvalue weighted by atomic mass is 9.85. The minimum atomic E-state index is -0.866. The normalized spacial score (nSPS) is 21.5. The van der Waals surface area contributed by atoms with Crippen LogP contribution in [0.15, 0.2) is 48.5 Å². The molecule has 6 N–H and O–H groups in total. The summed E-state index contributed by atoms with van der Waals surface area (Å²) in [5.74, 6) is 1.27. The smallest absolute Gasteiger partial charge is 0.256 e. The highest BCUT2D eigenvalue weighted by atomic mass is 33.1. The van der Waals surface area contributed by atoms with Gasteiger partial charge in [-0.15, -0.1) is 0 Å². The van der Waals surface area contributed by atoms with Gasteiger partial charge in [-0.2, -0.15) is 0 Å². The largest absolute Gasteiger partial charge is 0.497 e. The number of hydrogen-bond acceptors (Lipinski definition) is 16. The Bertz CT molecular complexity index is 1450. The molecule has 2 aromatic rings. The molecular weight excluding hydrogens is 765 g/mol. The molecule has 4 rings (SSSR count). The van der Waals surface area contributed by atoms with Gasteiger partial charge in [0.05, 0.1) is 27.4 Å². The van der Waals surface area contributed by atoms with Gasteiger partial charge in [-0.25, -0.2) is 0 Å². The molecule has 0 aromatic heterocycles. The zero-order valence-corrected chi connectivity index (χ0v) is 34.5. The zero-order valence-electron chi connectivity index (χ0n) is 32.9. The van der Waals surface area contributed by atoms with Crippen molar-refractivity contribution in [1.29, 1.82) is 0 Å². The summed E-state index contributed by atoms with van der Waals surface area (Å²) in [6.45, 7) is 10.1.